The van der Waals surface area contributed by atoms with E-state index in [9.17, 15) is 14.4 Å². The van der Waals surface area contributed by atoms with Crippen LogP contribution in [0.3, 0.4) is 0 Å². The summed E-state index contributed by atoms with van der Waals surface area (Å²) in [4.78, 5) is 41.4. The highest BCUT2D eigenvalue weighted by atomic mass is 16.5. The van der Waals surface area contributed by atoms with Gasteiger partial charge in [0, 0.05) is 12.1 Å². The summed E-state index contributed by atoms with van der Waals surface area (Å²) in [6, 6.07) is 17.6. The lowest BCUT2D eigenvalue weighted by Crippen LogP contribution is -2.51. The minimum Gasteiger partial charge on any atom is -0.497 e. The first-order valence-electron chi connectivity index (χ1n) is 13.1. The van der Waals surface area contributed by atoms with E-state index in [1.54, 1.807) is 13.2 Å². The van der Waals surface area contributed by atoms with Crippen molar-refractivity contribution >= 4 is 17.7 Å². The van der Waals surface area contributed by atoms with Crippen LogP contribution in [0.2, 0.25) is 0 Å². The lowest BCUT2D eigenvalue weighted by molar-refractivity contribution is -0.140. The van der Waals surface area contributed by atoms with Crippen LogP contribution in [0.4, 0.5) is 0 Å². The van der Waals surface area contributed by atoms with Crippen LogP contribution in [-0.4, -0.2) is 48.4 Å². The van der Waals surface area contributed by atoms with Crippen LogP contribution in [0, 0.1) is 0 Å². The molecule has 3 aromatic rings. The zero-order valence-electron chi connectivity index (χ0n) is 23.6. The summed E-state index contributed by atoms with van der Waals surface area (Å²) in [5.41, 5.74) is 2.31. The number of furan rings is 1. The van der Waals surface area contributed by atoms with Crippen molar-refractivity contribution in [1.29, 1.82) is 0 Å². The third-order valence-corrected chi connectivity index (χ3v) is 6.24. The SMILES string of the molecule is COc1ccc(CCN(C(=O)CNC(=O)c2ccco2)C(C(=O)NC(C)(C)C)c2ccc(C(C)C)cc2)cc1. The number of benzene rings is 2. The van der Waals surface area contributed by atoms with Crippen LogP contribution in [0.15, 0.2) is 71.3 Å². The van der Waals surface area contributed by atoms with E-state index in [0.717, 1.165) is 16.9 Å². The fourth-order valence-electron chi connectivity index (χ4n) is 4.17. The summed E-state index contributed by atoms with van der Waals surface area (Å²) in [7, 11) is 1.61. The van der Waals surface area contributed by atoms with E-state index in [1.807, 2.05) is 69.3 Å². The summed E-state index contributed by atoms with van der Waals surface area (Å²) in [5, 5.41) is 5.66. The monoisotopic (exact) mass is 533 g/mol. The topological polar surface area (TPSA) is 101 Å². The average molecular weight is 534 g/mol. The quantitative estimate of drug-likeness (QED) is 0.366. The Morgan fingerprint density at radius 1 is 0.949 bits per heavy atom. The van der Waals surface area contributed by atoms with Gasteiger partial charge < -0.3 is 24.7 Å². The van der Waals surface area contributed by atoms with Crippen molar-refractivity contribution in [2.75, 3.05) is 20.2 Å². The predicted molar refractivity (Wildman–Crippen MR) is 151 cm³/mol. The first kappa shape index (κ1) is 29.5. The van der Waals surface area contributed by atoms with E-state index in [4.69, 9.17) is 9.15 Å². The Morgan fingerprint density at radius 3 is 2.13 bits per heavy atom. The van der Waals surface area contributed by atoms with E-state index in [-0.39, 0.29) is 30.7 Å². The van der Waals surface area contributed by atoms with Crippen molar-refractivity contribution in [2.24, 2.45) is 0 Å². The summed E-state index contributed by atoms with van der Waals surface area (Å²) < 4.78 is 10.4. The second kappa shape index (κ2) is 13.1. The zero-order chi connectivity index (χ0) is 28.6. The number of hydrogen-bond acceptors (Lipinski definition) is 5. The van der Waals surface area contributed by atoms with Gasteiger partial charge in [0.2, 0.25) is 11.8 Å². The molecule has 2 aromatic carbocycles. The van der Waals surface area contributed by atoms with Crippen LogP contribution >= 0.6 is 0 Å². The van der Waals surface area contributed by atoms with E-state index in [1.165, 1.54) is 17.2 Å². The molecule has 1 unspecified atom stereocenters. The number of carbonyl (C=O) groups is 3. The fraction of sp³-hybridized carbons (Fsp3) is 0.387. The van der Waals surface area contributed by atoms with Crippen LogP contribution in [-0.2, 0) is 16.0 Å². The van der Waals surface area contributed by atoms with Crippen molar-refractivity contribution in [3.8, 4) is 5.75 Å². The molecule has 0 saturated carbocycles. The minimum atomic E-state index is -0.892. The van der Waals surface area contributed by atoms with Crippen LogP contribution in [0.25, 0.3) is 0 Å². The standard InChI is InChI=1S/C31H39N3O5/c1-21(2)23-11-13-24(14-12-23)28(30(37)33-31(3,4)5)34(18-17-22-9-15-25(38-6)16-10-22)27(35)20-32-29(36)26-8-7-19-39-26/h7-16,19,21,28H,17-18,20H2,1-6H3,(H,32,36)(H,33,37). The molecule has 8 nitrogen and oxygen atoms in total. The molecule has 3 amide bonds. The molecule has 0 saturated heterocycles. The van der Waals surface area contributed by atoms with Gasteiger partial charge in [-0.25, -0.2) is 0 Å². The summed E-state index contributed by atoms with van der Waals surface area (Å²) >= 11 is 0. The van der Waals surface area contributed by atoms with Gasteiger partial charge in [0.05, 0.1) is 19.9 Å². The summed E-state index contributed by atoms with van der Waals surface area (Å²) in [6.45, 7) is 9.88. The second-order valence-electron chi connectivity index (χ2n) is 10.8. The van der Waals surface area contributed by atoms with Crippen molar-refractivity contribution < 1.29 is 23.5 Å². The highest BCUT2D eigenvalue weighted by Crippen LogP contribution is 2.26. The van der Waals surface area contributed by atoms with Gasteiger partial charge in [-0.2, -0.15) is 0 Å². The number of amides is 3. The molecule has 0 bridgehead atoms. The van der Waals surface area contributed by atoms with Crippen molar-refractivity contribution in [2.45, 2.75) is 58.5 Å². The number of methoxy groups -OCH3 is 1. The smallest absolute Gasteiger partial charge is 0.287 e. The number of rotatable bonds is 11. The molecule has 1 aromatic heterocycles. The second-order valence-corrected chi connectivity index (χ2v) is 10.8. The molecule has 1 atom stereocenters. The van der Waals surface area contributed by atoms with E-state index < -0.39 is 17.5 Å². The van der Waals surface area contributed by atoms with Gasteiger partial charge in [0.25, 0.3) is 5.91 Å². The zero-order valence-corrected chi connectivity index (χ0v) is 23.6. The molecule has 0 aliphatic carbocycles. The van der Waals surface area contributed by atoms with Gasteiger partial charge in [-0.3, -0.25) is 14.4 Å². The maximum absolute atomic E-state index is 13.7. The minimum absolute atomic E-state index is 0.110. The number of ether oxygens (including phenoxy) is 1. The van der Waals surface area contributed by atoms with Gasteiger partial charge in [0.15, 0.2) is 5.76 Å². The molecule has 8 heteroatoms. The fourth-order valence-corrected chi connectivity index (χ4v) is 4.17. The molecule has 0 spiro atoms. The number of hydrogen-bond donors (Lipinski definition) is 2. The van der Waals surface area contributed by atoms with E-state index >= 15 is 0 Å². The number of nitrogens with zero attached hydrogens (tertiary/aromatic N) is 1. The molecular formula is C31H39N3O5. The molecule has 0 aliphatic rings. The summed E-state index contributed by atoms with van der Waals surface area (Å²) in [6.07, 6.45) is 1.90. The Kier molecular flexibility index (Phi) is 9.93. The van der Waals surface area contributed by atoms with E-state index in [0.29, 0.717) is 17.9 Å². The first-order valence-corrected chi connectivity index (χ1v) is 13.1. The molecule has 0 aliphatic heterocycles. The third-order valence-electron chi connectivity index (χ3n) is 6.24. The number of nitrogens with one attached hydrogen (secondary N) is 2. The van der Waals surface area contributed by atoms with Gasteiger partial charge in [-0.05, 0) is 74.1 Å². The molecule has 3 rings (SSSR count). The Bertz CT molecular complexity index is 1230. The lowest BCUT2D eigenvalue weighted by Gasteiger charge is -2.34. The Morgan fingerprint density at radius 2 is 1.59 bits per heavy atom. The third kappa shape index (κ3) is 8.46. The predicted octanol–water partition coefficient (Wildman–Crippen LogP) is 4.87. The Hall–Kier alpha value is -4.07. The van der Waals surface area contributed by atoms with Gasteiger partial charge in [-0.1, -0.05) is 50.2 Å². The lowest BCUT2D eigenvalue weighted by atomic mass is 9.96. The maximum atomic E-state index is 13.7. The van der Waals surface area contributed by atoms with Crippen molar-refractivity contribution in [1.82, 2.24) is 15.5 Å². The highest BCUT2D eigenvalue weighted by Gasteiger charge is 2.33. The normalized spacial score (nSPS) is 12.1. The molecule has 2 N–H and O–H groups in total. The molecule has 208 valence electrons. The highest BCUT2D eigenvalue weighted by molar-refractivity contribution is 5.95. The Balaban J connectivity index is 1.94. The van der Waals surface area contributed by atoms with Crippen molar-refractivity contribution in [3.05, 3.63) is 89.4 Å². The largest absolute Gasteiger partial charge is 0.497 e. The average Bonchev–Trinajstić information content (AvgIpc) is 3.44. The maximum Gasteiger partial charge on any atom is 0.287 e. The van der Waals surface area contributed by atoms with Crippen LogP contribution in [0.1, 0.15) is 73.8 Å². The van der Waals surface area contributed by atoms with Crippen LogP contribution < -0.4 is 15.4 Å². The van der Waals surface area contributed by atoms with Crippen LogP contribution in [0.5, 0.6) is 5.75 Å². The molecular weight excluding hydrogens is 494 g/mol. The van der Waals surface area contributed by atoms with Crippen molar-refractivity contribution in [3.63, 3.8) is 0 Å². The summed E-state index contributed by atoms with van der Waals surface area (Å²) in [5.74, 6) is -0.00418. The number of carbonyl (C=O) groups excluding carboxylic acids is 3. The van der Waals surface area contributed by atoms with Gasteiger partial charge in [-0.15, -0.1) is 0 Å². The van der Waals surface area contributed by atoms with Gasteiger partial charge in [0.1, 0.15) is 11.8 Å². The molecule has 39 heavy (non-hydrogen) atoms. The first-order chi connectivity index (χ1) is 18.5. The molecule has 0 radical (unpaired) electrons. The molecule has 0 fully saturated rings. The molecule has 1 heterocycles. The van der Waals surface area contributed by atoms with Gasteiger partial charge >= 0.3 is 0 Å². The Labute approximate surface area is 230 Å². The van der Waals surface area contributed by atoms with E-state index in [2.05, 4.69) is 24.5 Å².